The molecular weight excluding hydrogens is 202 g/mol. The highest BCUT2D eigenvalue weighted by atomic mass is 16.3. The monoisotopic (exact) mass is 217 g/mol. The molecule has 0 unspecified atom stereocenters. The molecule has 0 spiro atoms. The second kappa shape index (κ2) is 4.70. The van der Waals surface area contributed by atoms with Gasteiger partial charge in [0.05, 0.1) is 36.6 Å². The molecule has 0 saturated heterocycles. The van der Waals surface area contributed by atoms with Gasteiger partial charge in [0.2, 0.25) is 0 Å². The van der Waals surface area contributed by atoms with Crippen LogP contribution in [0.5, 0.6) is 0 Å². The van der Waals surface area contributed by atoms with Crippen molar-refractivity contribution in [3.8, 4) is 0 Å². The molecule has 0 aromatic carbocycles. The van der Waals surface area contributed by atoms with Crippen molar-refractivity contribution in [2.75, 3.05) is 24.3 Å². The van der Waals surface area contributed by atoms with E-state index in [1.807, 2.05) is 32.4 Å². The molecule has 0 atom stereocenters. The molecule has 2 aromatic rings. The first kappa shape index (κ1) is 10.5. The fourth-order valence-corrected chi connectivity index (χ4v) is 1.50. The van der Waals surface area contributed by atoms with Gasteiger partial charge >= 0.3 is 0 Å². The van der Waals surface area contributed by atoms with Crippen LogP contribution < -0.4 is 10.2 Å². The summed E-state index contributed by atoms with van der Waals surface area (Å²) in [7, 11) is 3.90. The van der Waals surface area contributed by atoms with E-state index in [2.05, 4.69) is 21.3 Å². The van der Waals surface area contributed by atoms with Crippen LogP contribution in [-0.2, 0) is 6.54 Å². The molecule has 0 fully saturated rings. The molecule has 4 nitrogen and oxygen atoms in total. The van der Waals surface area contributed by atoms with Crippen LogP contribution in [0.4, 0.5) is 11.4 Å². The largest absolute Gasteiger partial charge is 0.467 e. The molecule has 0 saturated carbocycles. The molecule has 0 aliphatic rings. The van der Waals surface area contributed by atoms with Crippen LogP contribution >= 0.6 is 0 Å². The van der Waals surface area contributed by atoms with Gasteiger partial charge in [-0.1, -0.05) is 0 Å². The average Bonchev–Trinajstić information content (AvgIpc) is 2.82. The van der Waals surface area contributed by atoms with Crippen molar-refractivity contribution in [3.05, 3.63) is 42.6 Å². The molecule has 2 aromatic heterocycles. The van der Waals surface area contributed by atoms with Crippen molar-refractivity contribution in [3.63, 3.8) is 0 Å². The summed E-state index contributed by atoms with van der Waals surface area (Å²) in [4.78, 5) is 6.26. The lowest BCUT2D eigenvalue weighted by atomic mass is 10.3. The SMILES string of the molecule is CNc1cncc(N(C)Cc2ccco2)c1. The lowest BCUT2D eigenvalue weighted by Gasteiger charge is -2.18. The molecule has 0 radical (unpaired) electrons. The zero-order chi connectivity index (χ0) is 11.4. The lowest BCUT2D eigenvalue weighted by molar-refractivity contribution is 0.507. The van der Waals surface area contributed by atoms with Gasteiger partial charge in [-0.2, -0.15) is 0 Å². The smallest absolute Gasteiger partial charge is 0.123 e. The molecule has 1 N–H and O–H groups in total. The van der Waals surface area contributed by atoms with E-state index in [9.17, 15) is 0 Å². The van der Waals surface area contributed by atoms with Crippen molar-refractivity contribution < 1.29 is 4.42 Å². The Labute approximate surface area is 94.9 Å². The fourth-order valence-electron chi connectivity index (χ4n) is 1.50. The number of nitrogens with one attached hydrogen (secondary N) is 1. The van der Waals surface area contributed by atoms with Gasteiger partial charge in [0.25, 0.3) is 0 Å². The number of furan rings is 1. The van der Waals surface area contributed by atoms with E-state index in [1.54, 1.807) is 12.5 Å². The van der Waals surface area contributed by atoms with Gasteiger partial charge in [0, 0.05) is 14.1 Å². The maximum Gasteiger partial charge on any atom is 0.123 e. The molecule has 2 heterocycles. The van der Waals surface area contributed by atoms with Gasteiger partial charge in [-0.15, -0.1) is 0 Å². The number of rotatable bonds is 4. The van der Waals surface area contributed by atoms with Crippen LogP contribution in [0.2, 0.25) is 0 Å². The van der Waals surface area contributed by atoms with E-state index in [4.69, 9.17) is 4.42 Å². The van der Waals surface area contributed by atoms with E-state index in [1.165, 1.54) is 0 Å². The van der Waals surface area contributed by atoms with Gasteiger partial charge in [-0.3, -0.25) is 4.98 Å². The van der Waals surface area contributed by atoms with E-state index in [0.717, 1.165) is 23.7 Å². The van der Waals surface area contributed by atoms with Gasteiger partial charge in [-0.25, -0.2) is 0 Å². The predicted octanol–water partition coefficient (Wildman–Crippen LogP) is 2.35. The highest BCUT2D eigenvalue weighted by Crippen LogP contribution is 2.18. The van der Waals surface area contributed by atoms with Crippen molar-refractivity contribution >= 4 is 11.4 Å². The molecule has 2 rings (SSSR count). The zero-order valence-electron chi connectivity index (χ0n) is 9.47. The minimum absolute atomic E-state index is 0.738. The minimum Gasteiger partial charge on any atom is -0.467 e. The summed E-state index contributed by atoms with van der Waals surface area (Å²) < 4.78 is 5.30. The van der Waals surface area contributed by atoms with Crippen LogP contribution in [0.25, 0.3) is 0 Å². The number of hydrogen-bond donors (Lipinski definition) is 1. The standard InChI is InChI=1S/C12H15N3O/c1-13-10-6-11(8-14-7-10)15(2)9-12-4-3-5-16-12/h3-8,13H,9H2,1-2H3. The summed E-state index contributed by atoms with van der Waals surface area (Å²) >= 11 is 0. The Bertz CT molecular complexity index is 439. The summed E-state index contributed by atoms with van der Waals surface area (Å²) in [5.74, 6) is 0.942. The Morgan fingerprint density at radius 3 is 3.00 bits per heavy atom. The summed E-state index contributed by atoms with van der Waals surface area (Å²) in [5.41, 5.74) is 2.06. The number of anilines is 2. The van der Waals surface area contributed by atoms with E-state index in [0.29, 0.717) is 0 Å². The number of nitrogens with zero attached hydrogens (tertiary/aromatic N) is 2. The molecule has 0 amide bonds. The topological polar surface area (TPSA) is 41.3 Å². The third-order valence-corrected chi connectivity index (χ3v) is 2.43. The highest BCUT2D eigenvalue weighted by Gasteiger charge is 2.04. The Balaban J connectivity index is 2.11. The van der Waals surface area contributed by atoms with Crippen molar-refractivity contribution in [1.29, 1.82) is 0 Å². The van der Waals surface area contributed by atoms with Crippen molar-refractivity contribution in [1.82, 2.24) is 4.98 Å². The summed E-state index contributed by atoms with van der Waals surface area (Å²) in [5, 5.41) is 3.07. The average molecular weight is 217 g/mol. The van der Waals surface area contributed by atoms with Crippen LogP contribution in [0.15, 0.2) is 41.3 Å². The van der Waals surface area contributed by atoms with E-state index in [-0.39, 0.29) is 0 Å². The van der Waals surface area contributed by atoms with Gasteiger partial charge in [-0.05, 0) is 18.2 Å². The van der Waals surface area contributed by atoms with Gasteiger partial charge < -0.3 is 14.6 Å². The first-order valence-corrected chi connectivity index (χ1v) is 5.16. The quantitative estimate of drug-likeness (QED) is 0.853. The maximum atomic E-state index is 5.30. The van der Waals surface area contributed by atoms with Crippen LogP contribution in [0.3, 0.4) is 0 Å². The van der Waals surface area contributed by atoms with Crippen LogP contribution in [0, 0.1) is 0 Å². The van der Waals surface area contributed by atoms with Crippen molar-refractivity contribution in [2.24, 2.45) is 0 Å². The van der Waals surface area contributed by atoms with Crippen molar-refractivity contribution in [2.45, 2.75) is 6.54 Å². The first-order chi connectivity index (χ1) is 7.79. The second-order valence-corrected chi connectivity index (χ2v) is 3.62. The lowest BCUT2D eigenvalue weighted by Crippen LogP contribution is -2.16. The molecule has 0 aliphatic carbocycles. The van der Waals surface area contributed by atoms with Gasteiger partial charge in [0.1, 0.15) is 5.76 Å². The summed E-state index contributed by atoms with van der Waals surface area (Å²) in [6.07, 6.45) is 5.32. The minimum atomic E-state index is 0.738. The number of hydrogen-bond acceptors (Lipinski definition) is 4. The Morgan fingerprint density at radius 1 is 1.44 bits per heavy atom. The van der Waals surface area contributed by atoms with Crippen LogP contribution in [0.1, 0.15) is 5.76 Å². The summed E-state index contributed by atoms with van der Waals surface area (Å²) in [6.45, 7) is 0.738. The third-order valence-electron chi connectivity index (χ3n) is 2.43. The molecule has 84 valence electrons. The molecule has 4 heteroatoms. The van der Waals surface area contributed by atoms with Crippen LogP contribution in [-0.4, -0.2) is 19.1 Å². The zero-order valence-corrected chi connectivity index (χ0v) is 9.47. The molecule has 16 heavy (non-hydrogen) atoms. The molecular formula is C12H15N3O. The first-order valence-electron chi connectivity index (χ1n) is 5.16. The predicted molar refractivity (Wildman–Crippen MR) is 64.6 cm³/mol. The number of pyridine rings is 1. The third kappa shape index (κ3) is 2.34. The Hall–Kier alpha value is -1.97. The summed E-state index contributed by atoms with van der Waals surface area (Å²) in [6, 6.07) is 5.91. The fraction of sp³-hybridized carbons (Fsp3) is 0.250. The molecule has 0 aliphatic heterocycles. The molecule has 0 bridgehead atoms. The highest BCUT2D eigenvalue weighted by molar-refractivity contribution is 5.54. The maximum absolute atomic E-state index is 5.30. The second-order valence-electron chi connectivity index (χ2n) is 3.62. The van der Waals surface area contributed by atoms with Gasteiger partial charge in [0.15, 0.2) is 0 Å². The Kier molecular flexibility index (Phi) is 3.10. The Morgan fingerprint density at radius 2 is 2.31 bits per heavy atom. The van der Waals surface area contributed by atoms with E-state index >= 15 is 0 Å². The van der Waals surface area contributed by atoms with E-state index < -0.39 is 0 Å². The number of aromatic nitrogens is 1. The normalized spacial score (nSPS) is 10.1.